The SMILES string of the molecule is CCOc1ccc2c(c1)C=C(C(=O)Nc1ccc(SC)cc1)CO2. The van der Waals surface area contributed by atoms with Gasteiger partial charge in [-0.25, -0.2) is 0 Å². The Labute approximate surface area is 145 Å². The van der Waals surface area contributed by atoms with Gasteiger partial charge in [0.05, 0.1) is 12.2 Å². The molecule has 0 spiro atoms. The van der Waals surface area contributed by atoms with Gasteiger partial charge in [-0.3, -0.25) is 4.79 Å². The lowest BCUT2D eigenvalue weighted by Crippen LogP contribution is -2.21. The molecule has 24 heavy (non-hydrogen) atoms. The lowest BCUT2D eigenvalue weighted by molar-refractivity contribution is -0.113. The number of benzene rings is 2. The Morgan fingerprint density at radius 3 is 2.75 bits per heavy atom. The Hall–Kier alpha value is -2.40. The average Bonchev–Trinajstić information content (AvgIpc) is 2.62. The maximum absolute atomic E-state index is 12.4. The van der Waals surface area contributed by atoms with E-state index in [4.69, 9.17) is 9.47 Å². The van der Waals surface area contributed by atoms with E-state index < -0.39 is 0 Å². The van der Waals surface area contributed by atoms with Crippen LogP contribution in [0.15, 0.2) is 52.9 Å². The molecule has 2 aromatic rings. The predicted octanol–water partition coefficient (Wildman–Crippen LogP) is 4.22. The summed E-state index contributed by atoms with van der Waals surface area (Å²) in [4.78, 5) is 13.6. The zero-order valence-electron chi connectivity index (χ0n) is 13.7. The van der Waals surface area contributed by atoms with Crippen molar-refractivity contribution in [1.82, 2.24) is 0 Å². The van der Waals surface area contributed by atoms with Crippen LogP contribution < -0.4 is 14.8 Å². The van der Waals surface area contributed by atoms with Crippen molar-refractivity contribution in [2.45, 2.75) is 11.8 Å². The number of nitrogens with one attached hydrogen (secondary N) is 1. The molecule has 0 saturated carbocycles. The topological polar surface area (TPSA) is 47.6 Å². The lowest BCUT2D eigenvalue weighted by Gasteiger charge is -2.18. The van der Waals surface area contributed by atoms with Crippen LogP contribution in [-0.2, 0) is 4.79 Å². The summed E-state index contributed by atoms with van der Waals surface area (Å²) in [5.41, 5.74) is 2.22. The molecule has 0 fully saturated rings. The number of carbonyl (C=O) groups is 1. The highest BCUT2D eigenvalue weighted by atomic mass is 32.2. The molecule has 5 heteroatoms. The molecular formula is C19H19NO3S. The standard InChI is InChI=1S/C19H19NO3S/c1-3-22-16-6-9-18-13(11-16)10-14(12-23-18)19(21)20-15-4-7-17(24-2)8-5-15/h4-11H,3,12H2,1-2H3,(H,20,21). The molecule has 0 radical (unpaired) electrons. The van der Waals surface area contributed by atoms with E-state index in [-0.39, 0.29) is 12.5 Å². The van der Waals surface area contributed by atoms with Crippen LogP contribution in [0.2, 0.25) is 0 Å². The summed E-state index contributed by atoms with van der Waals surface area (Å²) in [6.45, 7) is 2.80. The fraction of sp³-hybridized carbons (Fsp3) is 0.211. The highest BCUT2D eigenvalue weighted by Gasteiger charge is 2.18. The Balaban J connectivity index is 1.76. The van der Waals surface area contributed by atoms with Crippen molar-refractivity contribution < 1.29 is 14.3 Å². The number of amides is 1. The molecule has 1 aliphatic heterocycles. The van der Waals surface area contributed by atoms with E-state index in [9.17, 15) is 4.79 Å². The smallest absolute Gasteiger partial charge is 0.255 e. The van der Waals surface area contributed by atoms with Gasteiger partial charge >= 0.3 is 0 Å². The first kappa shape index (κ1) is 16.5. The highest BCUT2D eigenvalue weighted by molar-refractivity contribution is 7.98. The normalized spacial score (nSPS) is 12.7. The fourth-order valence-electron chi connectivity index (χ4n) is 2.43. The van der Waals surface area contributed by atoms with Crippen LogP contribution in [0.3, 0.4) is 0 Å². The van der Waals surface area contributed by atoms with Gasteiger partial charge < -0.3 is 14.8 Å². The lowest BCUT2D eigenvalue weighted by atomic mass is 10.1. The predicted molar refractivity (Wildman–Crippen MR) is 97.9 cm³/mol. The minimum atomic E-state index is -0.153. The monoisotopic (exact) mass is 341 g/mol. The van der Waals surface area contributed by atoms with E-state index in [1.54, 1.807) is 11.8 Å². The van der Waals surface area contributed by atoms with Gasteiger partial charge in [0.2, 0.25) is 0 Å². The largest absolute Gasteiger partial charge is 0.494 e. The number of ether oxygens (including phenoxy) is 2. The van der Waals surface area contributed by atoms with E-state index in [2.05, 4.69) is 5.32 Å². The van der Waals surface area contributed by atoms with Gasteiger partial charge in [-0.05, 0) is 61.7 Å². The first-order valence-electron chi connectivity index (χ1n) is 7.75. The molecule has 1 aliphatic rings. The summed E-state index contributed by atoms with van der Waals surface area (Å²) in [6.07, 6.45) is 3.87. The maximum atomic E-state index is 12.4. The first-order valence-corrected chi connectivity index (χ1v) is 8.97. The number of anilines is 1. The molecule has 124 valence electrons. The second-order valence-electron chi connectivity index (χ2n) is 5.27. The summed E-state index contributed by atoms with van der Waals surface area (Å²) in [5, 5.41) is 2.91. The van der Waals surface area contributed by atoms with Crippen LogP contribution in [0.5, 0.6) is 11.5 Å². The quantitative estimate of drug-likeness (QED) is 0.827. The van der Waals surface area contributed by atoms with Crippen LogP contribution in [0, 0.1) is 0 Å². The van der Waals surface area contributed by atoms with Crippen molar-refractivity contribution in [3.63, 3.8) is 0 Å². The maximum Gasteiger partial charge on any atom is 0.255 e. The van der Waals surface area contributed by atoms with Gasteiger partial charge in [-0.1, -0.05) is 0 Å². The number of fused-ring (bicyclic) bond motifs is 1. The number of hydrogen-bond acceptors (Lipinski definition) is 4. The minimum Gasteiger partial charge on any atom is -0.494 e. The third-order valence-electron chi connectivity index (χ3n) is 3.64. The highest BCUT2D eigenvalue weighted by Crippen LogP contribution is 2.30. The van der Waals surface area contributed by atoms with Crippen molar-refractivity contribution >= 4 is 29.4 Å². The van der Waals surface area contributed by atoms with E-state index in [0.29, 0.717) is 12.2 Å². The molecule has 4 nitrogen and oxygen atoms in total. The molecule has 0 atom stereocenters. The molecule has 0 aromatic heterocycles. The van der Waals surface area contributed by atoms with Crippen LogP contribution in [-0.4, -0.2) is 25.4 Å². The minimum absolute atomic E-state index is 0.153. The molecule has 1 N–H and O–H groups in total. The Bertz CT molecular complexity index is 769. The van der Waals surface area contributed by atoms with Gasteiger partial charge in [-0.15, -0.1) is 11.8 Å². The number of hydrogen-bond donors (Lipinski definition) is 1. The second-order valence-corrected chi connectivity index (χ2v) is 6.15. The van der Waals surface area contributed by atoms with E-state index in [1.807, 2.05) is 61.7 Å². The van der Waals surface area contributed by atoms with E-state index >= 15 is 0 Å². The second kappa shape index (κ2) is 7.45. The zero-order chi connectivity index (χ0) is 16.9. The molecule has 3 rings (SSSR count). The van der Waals surface area contributed by atoms with Crippen LogP contribution in [0.1, 0.15) is 12.5 Å². The Kier molecular flexibility index (Phi) is 5.11. The molecule has 0 aliphatic carbocycles. The Morgan fingerprint density at radius 1 is 1.25 bits per heavy atom. The van der Waals surface area contributed by atoms with Gasteiger partial charge in [0.1, 0.15) is 18.1 Å². The first-order chi connectivity index (χ1) is 11.7. The average molecular weight is 341 g/mol. The third kappa shape index (κ3) is 3.74. The van der Waals surface area contributed by atoms with Gasteiger partial charge in [0.15, 0.2) is 0 Å². The summed E-state index contributed by atoms with van der Waals surface area (Å²) in [7, 11) is 0. The van der Waals surface area contributed by atoms with Crippen molar-refractivity contribution in [3.05, 3.63) is 53.6 Å². The van der Waals surface area contributed by atoms with Crippen molar-refractivity contribution in [1.29, 1.82) is 0 Å². The molecule has 1 amide bonds. The summed E-state index contributed by atoms with van der Waals surface area (Å²) < 4.78 is 11.2. The van der Waals surface area contributed by atoms with Gasteiger partial charge in [0.25, 0.3) is 5.91 Å². The molecule has 0 unspecified atom stereocenters. The van der Waals surface area contributed by atoms with Crippen LogP contribution >= 0.6 is 11.8 Å². The molecule has 0 saturated heterocycles. The van der Waals surface area contributed by atoms with Crippen molar-refractivity contribution in [3.8, 4) is 11.5 Å². The number of rotatable bonds is 5. The van der Waals surface area contributed by atoms with Crippen LogP contribution in [0.4, 0.5) is 5.69 Å². The fourth-order valence-corrected chi connectivity index (χ4v) is 2.84. The molecular weight excluding hydrogens is 322 g/mol. The van der Waals surface area contributed by atoms with E-state index in [0.717, 1.165) is 27.6 Å². The molecule has 2 aromatic carbocycles. The van der Waals surface area contributed by atoms with Crippen LogP contribution in [0.25, 0.3) is 6.08 Å². The van der Waals surface area contributed by atoms with Gasteiger partial charge in [-0.2, -0.15) is 0 Å². The van der Waals surface area contributed by atoms with E-state index in [1.165, 1.54) is 0 Å². The van der Waals surface area contributed by atoms with Crippen molar-refractivity contribution in [2.24, 2.45) is 0 Å². The van der Waals surface area contributed by atoms with Gasteiger partial charge in [0, 0.05) is 16.1 Å². The summed E-state index contributed by atoms with van der Waals surface area (Å²) in [5.74, 6) is 1.38. The van der Waals surface area contributed by atoms with Crippen molar-refractivity contribution in [2.75, 3.05) is 24.8 Å². The summed E-state index contributed by atoms with van der Waals surface area (Å²) >= 11 is 1.67. The summed E-state index contributed by atoms with van der Waals surface area (Å²) in [6, 6.07) is 13.4. The number of thioether (sulfide) groups is 1. The zero-order valence-corrected chi connectivity index (χ0v) is 14.5. The molecule has 1 heterocycles. The third-order valence-corrected chi connectivity index (χ3v) is 4.39. The Morgan fingerprint density at radius 2 is 2.04 bits per heavy atom. The molecule has 0 bridgehead atoms. The number of carbonyl (C=O) groups excluding carboxylic acids is 1.